The highest BCUT2D eigenvalue weighted by atomic mass is 16.2. The molecule has 0 radical (unpaired) electrons. The van der Waals surface area contributed by atoms with Crippen molar-refractivity contribution < 1.29 is 9.59 Å². The summed E-state index contributed by atoms with van der Waals surface area (Å²) in [4.78, 5) is 26.2. The molecule has 1 N–H and O–H groups in total. The average Bonchev–Trinajstić information content (AvgIpc) is 2.86. The maximum absolute atomic E-state index is 12.5. The number of hydrogen-bond donors (Lipinski definition) is 1. The molecule has 4 nitrogen and oxygen atoms in total. The molecule has 1 atom stereocenters. The number of carbonyl (C=O) groups is 2. The van der Waals surface area contributed by atoms with Gasteiger partial charge in [-0.15, -0.1) is 0 Å². The van der Waals surface area contributed by atoms with E-state index in [0.717, 1.165) is 25.9 Å². The van der Waals surface area contributed by atoms with Crippen LogP contribution in [0.15, 0.2) is 24.3 Å². The van der Waals surface area contributed by atoms with Crippen LogP contribution in [0.5, 0.6) is 0 Å². The van der Waals surface area contributed by atoms with Gasteiger partial charge in [-0.2, -0.15) is 0 Å². The Morgan fingerprint density at radius 1 is 1.20 bits per heavy atom. The smallest absolute Gasteiger partial charge is 0.247 e. The van der Waals surface area contributed by atoms with E-state index < -0.39 is 5.54 Å². The van der Waals surface area contributed by atoms with Crippen LogP contribution < -0.4 is 5.32 Å². The Kier molecular flexibility index (Phi) is 3.34. The van der Waals surface area contributed by atoms with E-state index in [9.17, 15) is 9.59 Å². The second-order valence-corrected chi connectivity index (χ2v) is 5.78. The highest BCUT2D eigenvalue weighted by Gasteiger charge is 2.47. The first-order valence-corrected chi connectivity index (χ1v) is 7.32. The van der Waals surface area contributed by atoms with Gasteiger partial charge in [-0.3, -0.25) is 19.8 Å². The van der Waals surface area contributed by atoms with Crippen molar-refractivity contribution in [3.8, 4) is 0 Å². The van der Waals surface area contributed by atoms with Crippen LogP contribution in [0, 0.1) is 0 Å². The first kappa shape index (κ1) is 13.3. The van der Waals surface area contributed by atoms with E-state index in [-0.39, 0.29) is 11.8 Å². The SMILES string of the molecule is CCC[C@]1(N2Cc3ccccc3C2)CCC(=O)NC1=O. The molecule has 1 fully saturated rings. The number of fused-ring (bicyclic) bond motifs is 1. The molecule has 2 amide bonds. The highest BCUT2D eigenvalue weighted by Crippen LogP contribution is 2.37. The lowest BCUT2D eigenvalue weighted by molar-refractivity contribution is -0.145. The first-order valence-electron chi connectivity index (χ1n) is 7.32. The molecule has 0 bridgehead atoms. The van der Waals surface area contributed by atoms with Crippen LogP contribution in [0.4, 0.5) is 0 Å². The zero-order chi connectivity index (χ0) is 14.2. The minimum Gasteiger partial charge on any atom is -0.295 e. The summed E-state index contributed by atoms with van der Waals surface area (Å²) >= 11 is 0. The molecule has 0 aromatic heterocycles. The van der Waals surface area contributed by atoms with Gasteiger partial charge in [0, 0.05) is 19.5 Å². The Balaban J connectivity index is 1.89. The van der Waals surface area contributed by atoms with E-state index in [1.165, 1.54) is 11.1 Å². The van der Waals surface area contributed by atoms with E-state index >= 15 is 0 Å². The van der Waals surface area contributed by atoms with Crippen LogP contribution in [0.3, 0.4) is 0 Å². The van der Waals surface area contributed by atoms with E-state index in [1.54, 1.807) is 0 Å². The molecular formula is C16H20N2O2. The number of amides is 2. The Morgan fingerprint density at radius 2 is 1.85 bits per heavy atom. The average molecular weight is 272 g/mol. The fourth-order valence-corrected chi connectivity index (χ4v) is 3.49. The number of carbonyl (C=O) groups excluding carboxylic acids is 2. The van der Waals surface area contributed by atoms with Gasteiger partial charge in [-0.1, -0.05) is 37.6 Å². The number of imide groups is 1. The molecule has 3 rings (SSSR count). The van der Waals surface area contributed by atoms with Gasteiger partial charge >= 0.3 is 0 Å². The van der Waals surface area contributed by atoms with Gasteiger partial charge < -0.3 is 0 Å². The highest BCUT2D eigenvalue weighted by molar-refractivity contribution is 6.02. The van der Waals surface area contributed by atoms with E-state index in [1.807, 2.05) is 12.1 Å². The normalized spacial score (nSPS) is 26.4. The molecule has 106 valence electrons. The number of piperidine rings is 1. The van der Waals surface area contributed by atoms with Gasteiger partial charge in [-0.05, 0) is 24.0 Å². The maximum atomic E-state index is 12.5. The molecule has 0 unspecified atom stereocenters. The third kappa shape index (κ3) is 2.04. The Labute approximate surface area is 119 Å². The molecule has 1 aromatic rings. The minimum atomic E-state index is -0.512. The summed E-state index contributed by atoms with van der Waals surface area (Å²) in [6.45, 7) is 3.70. The molecular weight excluding hydrogens is 252 g/mol. The van der Waals surface area contributed by atoms with Crippen molar-refractivity contribution in [2.75, 3.05) is 0 Å². The summed E-state index contributed by atoms with van der Waals surface area (Å²) in [5.74, 6) is -0.248. The van der Waals surface area contributed by atoms with Gasteiger partial charge in [0.15, 0.2) is 0 Å². The monoisotopic (exact) mass is 272 g/mol. The molecule has 0 aliphatic carbocycles. The zero-order valence-corrected chi connectivity index (χ0v) is 11.8. The second kappa shape index (κ2) is 5.02. The van der Waals surface area contributed by atoms with Crippen molar-refractivity contribution in [3.05, 3.63) is 35.4 Å². The largest absolute Gasteiger partial charge is 0.295 e. The fourth-order valence-electron chi connectivity index (χ4n) is 3.49. The molecule has 2 heterocycles. The van der Waals surface area contributed by atoms with Crippen molar-refractivity contribution in [1.29, 1.82) is 0 Å². The first-order chi connectivity index (χ1) is 9.65. The van der Waals surface area contributed by atoms with Crippen LogP contribution >= 0.6 is 0 Å². The second-order valence-electron chi connectivity index (χ2n) is 5.78. The lowest BCUT2D eigenvalue weighted by Crippen LogP contribution is -2.61. The number of hydrogen-bond acceptors (Lipinski definition) is 3. The Hall–Kier alpha value is -1.68. The van der Waals surface area contributed by atoms with E-state index in [4.69, 9.17) is 0 Å². The molecule has 0 saturated carbocycles. The van der Waals surface area contributed by atoms with E-state index in [0.29, 0.717) is 12.8 Å². The molecule has 4 heteroatoms. The zero-order valence-electron chi connectivity index (χ0n) is 11.8. The van der Waals surface area contributed by atoms with Crippen molar-refractivity contribution in [1.82, 2.24) is 10.2 Å². The summed E-state index contributed by atoms with van der Waals surface area (Å²) in [7, 11) is 0. The van der Waals surface area contributed by atoms with Gasteiger partial charge in [-0.25, -0.2) is 0 Å². The van der Waals surface area contributed by atoms with Gasteiger partial charge in [0.2, 0.25) is 11.8 Å². The van der Waals surface area contributed by atoms with Gasteiger partial charge in [0.25, 0.3) is 0 Å². The standard InChI is InChI=1S/C16H20N2O2/c1-2-8-16(9-7-14(19)17-15(16)20)18-10-12-5-3-4-6-13(12)11-18/h3-6H,2,7-11H2,1H3,(H,17,19,20)/t16-/m0/s1. The third-order valence-corrected chi connectivity index (χ3v) is 4.55. The molecule has 0 spiro atoms. The predicted octanol–water partition coefficient (Wildman–Crippen LogP) is 1.98. The van der Waals surface area contributed by atoms with Crippen LogP contribution in [-0.2, 0) is 22.7 Å². The summed E-state index contributed by atoms with van der Waals surface area (Å²) < 4.78 is 0. The number of rotatable bonds is 3. The van der Waals surface area contributed by atoms with Crippen LogP contribution in [-0.4, -0.2) is 22.3 Å². The molecule has 20 heavy (non-hydrogen) atoms. The third-order valence-electron chi connectivity index (χ3n) is 4.55. The number of nitrogens with one attached hydrogen (secondary N) is 1. The Bertz CT molecular complexity index is 530. The van der Waals surface area contributed by atoms with Crippen molar-refractivity contribution in [2.24, 2.45) is 0 Å². The number of benzene rings is 1. The summed E-state index contributed by atoms with van der Waals surface area (Å²) in [6, 6.07) is 8.33. The maximum Gasteiger partial charge on any atom is 0.247 e. The van der Waals surface area contributed by atoms with Crippen molar-refractivity contribution in [3.63, 3.8) is 0 Å². The molecule has 1 saturated heterocycles. The quantitative estimate of drug-likeness (QED) is 0.856. The fraction of sp³-hybridized carbons (Fsp3) is 0.500. The van der Waals surface area contributed by atoms with Crippen molar-refractivity contribution >= 4 is 11.8 Å². The summed E-state index contributed by atoms with van der Waals surface area (Å²) in [5.41, 5.74) is 2.09. The Morgan fingerprint density at radius 3 is 2.40 bits per heavy atom. The molecule has 2 aliphatic rings. The predicted molar refractivity (Wildman–Crippen MR) is 75.7 cm³/mol. The van der Waals surface area contributed by atoms with Crippen LogP contribution in [0.25, 0.3) is 0 Å². The number of nitrogens with zero attached hydrogens (tertiary/aromatic N) is 1. The van der Waals surface area contributed by atoms with Crippen LogP contribution in [0.1, 0.15) is 43.7 Å². The van der Waals surface area contributed by atoms with Crippen molar-refractivity contribution in [2.45, 2.75) is 51.2 Å². The van der Waals surface area contributed by atoms with Gasteiger partial charge in [0.05, 0.1) is 0 Å². The topological polar surface area (TPSA) is 49.4 Å². The van der Waals surface area contributed by atoms with Gasteiger partial charge in [0.1, 0.15) is 5.54 Å². The summed E-state index contributed by atoms with van der Waals surface area (Å²) in [6.07, 6.45) is 2.83. The molecule has 2 aliphatic heterocycles. The lowest BCUT2D eigenvalue weighted by atomic mass is 9.83. The minimum absolute atomic E-state index is 0.108. The van der Waals surface area contributed by atoms with Crippen LogP contribution in [0.2, 0.25) is 0 Å². The summed E-state index contributed by atoms with van der Waals surface area (Å²) in [5, 5.41) is 2.54. The lowest BCUT2D eigenvalue weighted by Gasteiger charge is -2.42. The van der Waals surface area contributed by atoms with E-state index in [2.05, 4.69) is 29.3 Å². The molecule has 1 aromatic carbocycles.